The SMILES string of the molecule is CSCCCN=C1NC(C(C)C)CCS1. The van der Waals surface area contributed by atoms with E-state index in [-0.39, 0.29) is 0 Å². The van der Waals surface area contributed by atoms with Crippen LogP contribution in [0.25, 0.3) is 0 Å². The normalized spacial score (nSPS) is 24.5. The Balaban J connectivity index is 2.28. The fourth-order valence-electron chi connectivity index (χ4n) is 1.54. The zero-order valence-corrected chi connectivity index (χ0v) is 11.6. The summed E-state index contributed by atoms with van der Waals surface area (Å²) in [6.07, 6.45) is 4.61. The van der Waals surface area contributed by atoms with E-state index in [2.05, 4.69) is 30.4 Å². The Morgan fingerprint density at radius 1 is 1.60 bits per heavy atom. The van der Waals surface area contributed by atoms with Gasteiger partial charge in [0.2, 0.25) is 0 Å². The van der Waals surface area contributed by atoms with Gasteiger partial charge in [0.15, 0.2) is 5.17 Å². The van der Waals surface area contributed by atoms with Crippen LogP contribution in [0.5, 0.6) is 0 Å². The number of nitrogens with one attached hydrogen (secondary N) is 1. The molecule has 0 aromatic heterocycles. The average molecular weight is 246 g/mol. The van der Waals surface area contributed by atoms with Crippen molar-refractivity contribution in [2.45, 2.75) is 32.7 Å². The zero-order valence-electron chi connectivity index (χ0n) is 9.95. The fourth-order valence-corrected chi connectivity index (χ4v) is 2.94. The first-order valence-corrected chi connectivity index (χ1v) is 8.04. The Hall–Kier alpha value is 0.170. The highest BCUT2D eigenvalue weighted by Gasteiger charge is 2.19. The van der Waals surface area contributed by atoms with Gasteiger partial charge in [0, 0.05) is 18.3 Å². The number of nitrogens with zero attached hydrogens (tertiary/aromatic N) is 1. The molecule has 0 aromatic rings. The maximum Gasteiger partial charge on any atom is 0.156 e. The average Bonchev–Trinajstić information content (AvgIpc) is 2.25. The van der Waals surface area contributed by atoms with Crippen molar-refractivity contribution in [1.29, 1.82) is 0 Å². The van der Waals surface area contributed by atoms with E-state index in [1.54, 1.807) is 0 Å². The van der Waals surface area contributed by atoms with Crippen LogP contribution in [-0.2, 0) is 0 Å². The molecule has 4 heteroatoms. The summed E-state index contributed by atoms with van der Waals surface area (Å²) in [5.74, 6) is 3.15. The number of hydrogen-bond acceptors (Lipinski definition) is 3. The summed E-state index contributed by atoms with van der Waals surface area (Å²) in [6.45, 7) is 5.53. The number of thioether (sulfide) groups is 2. The highest BCUT2D eigenvalue weighted by molar-refractivity contribution is 8.13. The summed E-state index contributed by atoms with van der Waals surface area (Å²) in [5, 5.41) is 4.70. The third-order valence-corrected chi connectivity index (χ3v) is 4.20. The molecule has 1 saturated heterocycles. The molecule has 0 saturated carbocycles. The van der Waals surface area contributed by atoms with Crippen molar-refractivity contribution in [2.24, 2.45) is 10.9 Å². The first kappa shape index (κ1) is 13.2. The van der Waals surface area contributed by atoms with Gasteiger partial charge in [-0.05, 0) is 30.8 Å². The summed E-state index contributed by atoms with van der Waals surface area (Å²) in [4.78, 5) is 4.61. The summed E-state index contributed by atoms with van der Waals surface area (Å²) in [7, 11) is 0. The molecule has 0 amide bonds. The van der Waals surface area contributed by atoms with Crippen LogP contribution in [-0.4, -0.2) is 35.5 Å². The van der Waals surface area contributed by atoms with Crippen LogP contribution in [0.15, 0.2) is 4.99 Å². The maximum absolute atomic E-state index is 4.61. The fraction of sp³-hybridized carbons (Fsp3) is 0.909. The van der Waals surface area contributed by atoms with Gasteiger partial charge in [0.05, 0.1) is 0 Å². The molecule has 1 unspecified atom stereocenters. The van der Waals surface area contributed by atoms with Gasteiger partial charge in [-0.25, -0.2) is 0 Å². The second-order valence-corrected chi connectivity index (χ2v) is 6.23. The van der Waals surface area contributed by atoms with E-state index in [1.165, 1.54) is 29.5 Å². The Kier molecular flexibility index (Phi) is 6.57. The quantitative estimate of drug-likeness (QED) is 0.755. The van der Waals surface area contributed by atoms with Gasteiger partial charge in [-0.2, -0.15) is 11.8 Å². The largest absolute Gasteiger partial charge is 0.362 e. The molecule has 88 valence electrons. The second kappa shape index (κ2) is 7.44. The molecule has 15 heavy (non-hydrogen) atoms. The lowest BCUT2D eigenvalue weighted by Gasteiger charge is -2.28. The van der Waals surface area contributed by atoms with Crippen molar-refractivity contribution < 1.29 is 0 Å². The Labute approximate surface area is 102 Å². The third-order valence-electron chi connectivity index (χ3n) is 2.54. The van der Waals surface area contributed by atoms with Crippen molar-refractivity contribution in [2.75, 3.05) is 24.3 Å². The molecule has 1 aliphatic heterocycles. The van der Waals surface area contributed by atoms with E-state index in [0.717, 1.165) is 6.54 Å². The summed E-state index contributed by atoms with van der Waals surface area (Å²) in [6, 6.07) is 0.630. The van der Waals surface area contributed by atoms with E-state index >= 15 is 0 Å². The number of aliphatic imine (C=N–C) groups is 1. The van der Waals surface area contributed by atoms with Crippen LogP contribution in [0.4, 0.5) is 0 Å². The van der Waals surface area contributed by atoms with Gasteiger partial charge in [-0.15, -0.1) is 0 Å². The Morgan fingerprint density at radius 3 is 3.07 bits per heavy atom. The molecule has 1 atom stereocenters. The van der Waals surface area contributed by atoms with Crippen molar-refractivity contribution in [1.82, 2.24) is 5.32 Å². The monoisotopic (exact) mass is 246 g/mol. The number of amidine groups is 1. The molecule has 0 aromatic carbocycles. The van der Waals surface area contributed by atoms with Crippen LogP contribution >= 0.6 is 23.5 Å². The molecule has 0 spiro atoms. The molecular weight excluding hydrogens is 224 g/mol. The van der Waals surface area contributed by atoms with Crippen molar-refractivity contribution >= 4 is 28.7 Å². The van der Waals surface area contributed by atoms with E-state index in [0.29, 0.717) is 12.0 Å². The van der Waals surface area contributed by atoms with Gasteiger partial charge >= 0.3 is 0 Å². The van der Waals surface area contributed by atoms with E-state index in [1.807, 2.05) is 23.5 Å². The van der Waals surface area contributed by atoms with E-state index in [4.69, 9.17) is 0 Å². The predicted molar refractivity (Wildman–Crippen MR) is 74.1 cm³/mol. The molecule has 0 radical (unpaired) electrons. The number of rotatable bonds is 5. The topological polar surface area (TPSA) is 24.4 Å². The molecular formula is C11H22N2S2. The highest BCUT2D eigenvalue weighted by Crippen LogP contribution is 2.18. The van der Waals surface area contributed by atoms with Gasteiger partial charge in [0.1, 0.15) is 0 Å². The van der Waals surface area contributed by atoms with Crippen LogP contribution in [0, 0.1) is 5.92 Å². The minimum absolute atomic E-state index is 0.630. The Bertz CT molecular complexity index is 205. The van der Waals surface area contributed by atoms with Gasteiger partial charge in [0.25, 0.3) is 0 Å². The van der Waals surface area contributed by atoms with Gasteiger partial charge in [-0.1, -0.05) is 25.6 Å². The minimum atomic E-state index is 0.630. The smallest absolute Gasteiger partial charge is 0.156 e. The minimum Gasteiger partial charge on any atom is -0.362 e. The standard InChI is InChI=1S/C11H22N2S2/c1-9(2)10-5-8-15-11(13-10)12-6-4-7-14-3/h9-10H,4-8H2,1-3H3,(H,12,13). The molecule has 1 fully saturated rings. The molecule has 1 rings (SSSR count). The summed E-state index contributed by atoms with van der Waals surface area (Å²) >= 11 is 3.77. The van der Waals surface area contributed by atoms with Gasteiger partial charge in [-0.3, -0.25) is 4.99 Å². The first-order valence-electron chi connectivity index (χ1n) is 5.66. The third kappa shape index (κ3) is 5.16. The molecule has 0 aliphatic carbocycles. The highest BCUT2D eigenvalue weighted by atomic mass is 32.2. The molecule has 1 heterocycles. The lowest BCUT2D eigenvalue weighted by molar-refractivity contribution is 0.442. The molecule has 1 N–H and O–H groups in total. The number of hydrogen-bond donors (Lipinski definition) is 1. The van der Waals surface area contributed by atoms with Crippen molar-refractivity contribution in [3.05, 3.63) is 0 Å². The summed E-state index contributed by atoms with van der Waals surface area (Å²) in [5.41, 5.74) is 0. The van der Waals surface area contributed by atoms with Gasteiger partial charge < -0.3 is 5.32 Å². The van der Waals surface area contributed by atoms with Crippen LogP contribution in [0.3, 0.4) is 0 Å². The van der Waals surface area contributed by atoms with E-state index in [9.17, 15) is 0 Å². The lowest BCUT2D eigenvalue weighted by atomic mass is 10.0. The first-order chi connectivity index (χ1) is 7.24. The van der Waals surface area contributed by atoms with Crippen LogP contribution < -0.4 is 5.32 Å². The van der Waals surface area contributed by atoms with Crippen molar-refractivity contribution in [3.63, 3.8) is 0 Å². The lowest BCUT2D eigenvalue weighted by Crippen LogP contribution is -2.41. The zero-order chi connectivity index (χ0) is 11.1. The second-order valence-electron chi connectivity index (χ2n) is 4.17. The van der Waals surface area contributed by atoms with Crippen molar-refractivity contribution in [3.8, 4) is 0 Å². The molecule has 2 nitrogen and oxygen atoms in total. The predicted octanol–water partition coefficient (Wildman–Crippen LogP) is 2.85. The van der Waals surface area contributed by atoms with Crippen LogP contribution in [0.1, 0.15) is 26.7 Å². The molecule has 0 bridgehead atoms. The maximum atomic E-state index is 4.61. The summed E-state index contributed by atoms with van der Waals surface area (Å²) < 4.78 is 0. The Morgan fingerprint density at radius 2 is 2.40 bits per heavy atom. The molecule has 1 aliphatic rings. The van der Waals surface area contributed by atoms with E-state index < -0.39 is 0 Å². The van der Waals surface area contributed by atoms with Crippen LogP contribution in [0.2, 0.25) is 0 Å².